The van der Waals surface area contributed by atoms with Gasteiger partial charge in [-0.05, 0) is 6.92 Å². The van der Waals surface area contributed by atoms with Crippen molar-refractivity contribution < 1.29 is 14.1 Å². The Balaban J connectivity index is 3.68. The van der Waals surface area contributed by atoms with Gasteiger partial charge in [0.05, 0.1) is 0 Å². The normalized spacial score (nSPS) is 13.4. The predicted molar refractivity (Wildman–Crippen MR) is 32.2 cm³/mol. The van der Waals surface area contributed by atoms with Crippen LogP contribution in [0.15, 0.2) is 0 Å². The van der Waals surface area contributed by atoms with Crippen LogP contribution >= 0.6 is 8.46 Å². The van der Waals surface area contributed by atoms with E-state index in [-0.39, 0.29) is 8.46 Å². The molecule has 9 heavy (non-hydrogen) atoms. The molecule has 0 heterocycles. The van der Waals surface area contributed by atoms with E-state index in [2.05, 4.69) is 4.74 Å². The van der Waals surface area contributed by atoms with E-state index in [9.17, 15) is 9.36 Å². The molecule has 0 spiro atoms. The van der Waals surface area contributed by atoms with Gasteiger partial charge >= 0.3 is 0 Å². The summed E-state index contributed by atoms with van der Waals surface area (Å²) in [5, 5.41) is 0. The van der Waals surface area contributed by atoms with Crippen molar-refractivity contribution in [2.24, 2.45) is 5.73 Å². The van der Waals surface area contributed by atoms with Crippen LogP contribution in [-0.2, 0) is 14.1 Å². The summed E-state index contributed by atoms with van der Waals surface area (Å²) in [4.78, 5) is 10.2. The Morgan fingerprint density at radius 3 is 2.56 bits per heavy atom. The van der Waals surface area contributed by atoms with Crippen molar-refractivity contribution in [2.75, 3.05) is 6.61 Å². The topological polar surface area (TPSA) is 69.4 Å². The number of carbonyl (C=O) groups is 1. The quantitative estimate of drug-likeness (QED) is 0.577. The zero-order chi connectivity index (χ0) is 7.28. The Bertz CT molecular complexity index is 116. The highest BCUT2D eigenvalue weighted by Crippen LogP contribution is 2.05. The molecule has 0 aliphatic rings. The molecule has 1 unspecified atom stereocenters. The van der Waals surface area contributed by atoms with Gasteiger partial charge in [-0.1, -0.05) is 0 Å². The minimum absolute atomic E-state index is 0.336. The highest BCUT2D eigenvalue weighted by molar-refractivity contribution is 7.26. The summed E-state index contributed by atoms with van der Waals surface area (Å²) >= 11 is 0. The lowest BCUT2D eigenvalue weighted by molar-refractivity contribution is -0.124. The predicted octanol–water partition coefficient (Wildman–Crippen LogP) is 0.126. The summed E-state index contributed by atoms with van der Waals surface area (Å²) in [5.41, 5.74) is 4.76. The van der Waals surface area contributed by atoms with Gasteiger partial charge in [-0.2, -0.15) is 0 Å². The molecule has 0 radical (unpaired) electrons. The molecule has 1 amide bonds. The van der Waals surface area contributed by atoms with Crippen LogP contribution in [0.5, 0.6) is 0 Å². The first-order chi connectivity index (χ1) is 4.22. The van der Waals surface area contributed by atoms with Gasteiger partial charge in [0, 0.05) is 6.61 Å². The summed E-state index contributed by atoms with van der Waals surface area (Å²) in [5.74, 6) is -1.68. The van der Waals surface area contributed by atoms with E-state index >= 15 is 0 Å². The van der Waals surface area contributed by atoms with Crippen molar-refractivity contribution in [1.82, 2.24) is 0 Å². The molecule has 0 aliphatic carbocycles. The molecule has 0 bridgehead atoms. The number of carbonyl (C=O) groups excluding carboxylic acids is 1. The first-order valence-corrected chi connectivity index (χ1v) is 3.34. The Labute approximate surface area is 54.6 Å². The second-order valence-corrected chi connectivity index (χ2v) is 2.00. The standard InChI is InChI=1S/C4H8NO3P/c1-2-8-4(9-7)3(5)6/h4H,2H2,1H3,(H2,5,6). The summed E-state index contributed by atoms with van der Waals surface area (Å²) in [7, 11) is -0.377. The summed E-state index contributed by atoms with van der Waals surface area (Å²) in [6, 6.07) is 0. The SMILES string of the molecule is CCOC(P=O)C(N)=O. The van der Waals surface area contributed by atoms with Crippen LogP contribution in [0.2, 0.25) is 0 Å². The molecule has 52 valence electrons. The maximum Gasteiger partial charge on any atom is 0.258 e. The van der Waals surface area contributed by atoms with Gasteiger partial charge in [-0.25, -0.2) is 0 Å². The average Bonchev–Trinajstić information content (AvgIpc) is 1.82. The van der Waals surface area contributed by atoms with Crippen molar-refractivity contribution in [3.8, 4) is 0 Å². The molecule has 1 atom stereocenters. The van der Waals surface area contributed by atoms with Gasteiger partial charge in [0.15, 0.2) is 8.46 Å². The number of hydrogen-bond donors (Lipinski definition) is 1. The third-order valence-electron chi connectivity index (χ3n) is 0.664. The molecule has 5 heteroatoms. The first-order valence-electron chi connectivity index (χ1n) is 2.45. The number of nitrogens with two attached hydrogens (primary N) is 1. The van der Waals surface area contributed by atoms with E-state index in [1.165, 1.54) is 0 Å². The zero-order valence-electron chi connectivity index (χ0n) is 5.03. The molecule has 4 nitrogen and oxygen atoms in total. The Hall–Kier alpha value is -0.470. The van der Waals surface area contributed by atoms with Crippen molar-refractivity contribution in [3.63, 3.8) is 0 Å². The van der Waals surface area contributed by atoms with Gasteiger partial charge in [0.1, 0.15) is 0 Å². The molecule has 0 aromatic heterocycles. The molecule has 0 saturated carbocycles. The molecule has 0 aromatic rings. The highest BCUT2D eigenvalue weighted by atomic mass is 31.1. The van der Waals surface area contributed by atoms with Crippen molar-refractivity contribution in [2.45, 2.75) is 12.8 Å². The maximum absolute atomic E-state index is 10.2. The van der Waals surface area contributed by atoms with E-state index in [4.69, 9.17) is 5.73 Å². The van der Waals surface area contributed by atoms with E-state index in [1.54, 1.807) is 6.92 Å². The van der Waals surface area contributed by atoms with E-state index in [0.29, 0.717) is 6.61 Å². The molecule has 0 aliphatic heterocycles. The second-order valence-electron chi connectivity index (χ2n) is 1.32. The Morgan fingerprint density at radius 2 is 2.44 bits per heavy atom. The minimum atomic E-state index is -0.977. The fourth-order valence-corrected chi connectivity index (χ4v) is 0.636. The molecule has 0 rings (SSSR count). The molecule has 0 fully saturated rings. The lowest BCUT2D eigenvalue weighted by atomic mass is 10.7. The number of amides is 1. The van der Waals surface area contributed by atoms with Gasteiger partial charge in [-0.3, -0.25) is 9.36 Å². The molecular weight excluding hydrogens is 141 g/mol. The average molecular weight is 149 g/mol. The van der Waals surface area contributed by atoms with Crippen LogP contribution in [0.1, 0.15) is 6.92 Å². The van der Waals surface area contributed by atoms with Crippen LogP contribution < -0.4 is 5.73 Å². The van der Waals surface area contributed by atoms with Gasteiger partial charge < -0.3 is 10.5 Å². The van der Waals surface area contributed by atoms with Crippen molar-refractivity contribution >= 4 is 14.4 Å². The van der Waals surface area contributed by atoms with E-state index < -0.39 is 11.8 Å². The number of rotatable bonds is 4. The summed E-state index contributed by atoms with van der Waals surface area (Å²) in [6.45, 7) is 2.03. The number of ether oxygens (including phenoxy) is 1. The summed E-state index contributed by atoms with van der Waals surface area (Å²) < 4.78 is 14.7. The first kappa shape index (κ1) is 8.53. The third kappa shape index (κ3) is 3.16. The monoisotopic (exact) mass is 149 g/mol. The van der Waals surface area contributed by atoms with Crippen LogP contribution in [0.4, 0.5) is 0 Å². The smallest absolute Gasteiger partial charge is 0.258 e. The van der Waals surface area contributed by atoms with Gasteiger partial charge in [0.25, 0.3) is 5.91 Å². The number of hydrogen-bond acceptors (Lipinski definition) is 3. The van der Waals surface area contributed by atoms with Crippen LogP contribution in [0.3, 0.4) is 0 Å². The minimum Gasteiger partial charge on any atom is -0.367 e. The fourth-order valence-electron chi connectivity index (χ4n) is 0.322. The van der Waals surface area contributed by atoms with E-state index in [1.807, 2.05) is 0 Å². The highest BCUT2D eigenvalue weighted by Gasteiger charge is 2.13. The molecular formula is C4H8NO3P. The van der Waals surface area contributed by atoms with Crippen molar-refractivity contribution in [3.05, 3.63) is 0 Å². The van der Waals surface area contributed by atoms with Crippen LogP contribution in [0.25, 0.3) is 0 Å². The third-order valence-corrected chi connectivity index (χ3v) is 1.26. The van der Waals surface area contributed by atoms with Crippen molar-refractivity contribution in [1.29, 1.82) is 0 Å². The second kappa shape index (κ2) is 4.41. The van der Waals surface area contributed by atoms with E-state index in [0.717, 1.165) is 0 Å². The fraction of sp³-hybridized carbons (Fsp3) is 0.750. The number of primary amides is 1. The Morgan fingerprint density at radius 1 is 1.89 bits per heavy atom. The molecule has 2 N–H and O–H groups in total. The lowest BCUT2D eigenvalue weighted by Gasteiger charge is -2.01. The molecule has 0 saturated heterocycles. The van der Waals surface area contributed by atoms with Crippen LogP contribution in [-0.4, -0.2) is 18.4 Å². The largest absolute Gasteiger partial charge is 0.367 e. The van der Waals surface area contributed by atoms with Gasteiger partial charge in [0.2, 0.25) is 5.85 Å². The van der Waals surface area contributed by atoms with Gasteiger partial charge in [-0.15, -0.1) is 0 Å². The Kier molecular flexibility index (Phi) is 4.18. The summed E-state index contributed by atoms with van der Waals surface area (Å²) in [6.07, 6.45) is 0. The maximum atomic E-state index is 10.2. The van der Waals surface area contributed by atoms with Crippen LogP contribution in [0, 0.1) is 0 Å². The zero-order valence-corrected chi connectivity index (χ0v) is 5.93. The lowest BCUT2D eigenvalue weighted by Crippen LogP contribution is -2.26. The molecule has 0 aromatic carbocycles.